The number of rotatable bonds is 1. The highest BCUT2D eigenvalue weighted by atomic mass is 15.0. The zero-order valence-corrected chi connectivity index (χ0v) is 10.8. The van der Waals surface area contributed by atoms with Crippen LogP contribution in [-0.2, 0) is 6.42 Å². The predicted molar refractivity (Wildman–Crippen MR) is 78.3 cm³/mol. The van der Waals surface area contributed by atoms with Crippen LogP contribution >= 0.6 is 0 Å². The third kappa shape index (κ3) is 1.67. The first-order valence-electron chi connectivity index (χ1n) is 7.02. The number of hydrogen-bond donors (Lipinski definition) is 2. The summed E-state index contributed by atoms with van der Waals surface area (Å²) in [7, 11) is 0. The summed E-state index contributed by atoms with van der Waals surface area (Å²) in [5.41, 5.74) is 11.9. The van der Waals surface area contributed by atoms with Crippen LogP contribution in [-0.4, -0.2) is 6.04 Å². The fourth-order valence-corrected chi connectivity index (χ4v) is 3.71. The Labute approximate surface area is 113 Å². The van der Waals surface area contributed by atoms with Gasteiger partial charge < -0.3 is 11.1 Å². The molecule has 19 heavy (non-hydrogen) atoms. The minimum absolute atomic E-state index is 0.291. The van der Waals surface area contributed by atoms with E-state index in [-0.39, 0.29) is 0 Å². The van der Waals surface area contributed by atoms with Crippen LogP contribution in [0.25, 0.3) is 0 Å². The summed E-state index contributed by atoms with van der Waals surface area (Å²) in [6.45, 7) is 0. The number of benzene rings is 2. The smallest absolute Gasteiger partial charge is 0.0583 e. The number of hydrogen-bond acceptors (Lipinski definition) is 2. The van der Waals surface area contributed by atoms with Crippen LogP contribution in [0.15, 0.2) is 48.5 Å². The van der Waals surface area contributed by atoms with Gasteiger partial charge in [0.15, 0.2) is 0 Å². The first-order chi connectivity index (χ1) is 9.33. The molecule has 2 aromatic rings. The van der Waals surface area contributed by atoms with Crippen LogP contribution in [0.5, 0.6) is 0 Å². The van der Waals surface area contributed by atoms with Gasteiger partial charge in [-0.15, -0.1) is 0 Å². The molecule has 96 valence electrons. The summed E-state index contributed by atoms with van der Waals surface area (Å²) in [5.74, 6) is 0.525. The first-order valence-corrected chi connectivity index (χ1v) is 7.02. The summed E-state index contributed by atoms with van der Waals surface area (Å²) in [4.78, 5) is 0. The van der Waals surface area contributed by atoms with Crippen molar-refractivity contribution in [1.82, 2.24) is 0 Å². The lowest BCUT2D eigenvalue weighted by Gasteiger charge is -2.29. The molecular weight excluding hydrogens is 232 g/mol. The average molecular weight is 250 g/mol. The third-order valence-corrected chi connectivity index (χ3v) is 4.48. The fraction of sp³-hybridized carbons (Fsp3) is 0.294. The summed E-state index contributed by atoms with van der Waals surface area (Å²) in [5, 5.41) is 3.70. The summed E-state index contributed by atoms with van der Waals surface area (Å²) in [6, 6.07) is 18.0. The summed E-state index contributed by atoms with van der Waals surface area (Å²) < 4.78 is 0. The Balaban J connectivity index is 1.82. The lowest BCUT2D eigenvalue weighted by atomic mass is 9.77. The van der Waals surface area contributed by atoms with E-state index >= 15 is 0 Å². The van der Waals surface area contributed by atoms with Crippen molar-refractivity contribution in [2.24, 2.45) is 5.73 Å². The van der Waals surface area contributed by atoms with Gasteiger partial charge in [-0.1, -0.05) is 42.5 Å². The molecule has 1 aliphatic heterocycles. The maximum Gasteiger partial charge on any atom is 0.0583 e. The highest BCUT2D eigenvalue weighted by molar-refractivity contribution is 5.64. The van der Waals surface area contributed by atoms with Crippen LogP contribution in [0.1, 0.15) is 35.1 Å². The minimum Gasteiger partial charge on any atom is -0.377 e. The number of nitrogens with two attached hydrogens (primary N) is 1. The predicted octanol–water partition coefficient (Wildman–Crippen LogP) is 3.21. The molecule has 3 atom stereocenters. The van der Waals surface area contributed by atoms with Crippen molar-refractivity contribution >= 4 is 5.69 Å². The molecule has 2 aromatic carbocycles. The molecule has 2 aliphatic rings. The molecule has 3 unspecified atom stereocenters. The van der Waals surface area contributed by atoms with Gasteiger partial charge in [-0.05, 0) is 35.6 Å². The maximum absolute atomic E-state index is 6.25. The topological polar surface area (TPSA) is 38.0 Å². The Hall–Kier alpha value is -1.80. The van der Waals surface area contributed by atoms with E-state index in [1.54, 1.807) is 0 Å². The molecule has 0 fully saturated rings. The van der Waals surface area contributed by atoms with E-state index in [0.29, 0.717) is 18.0 Å². The van der Waals surface area contributed by atoms with Crippen molar-refractivity contribution in [3.05, 3.63) is 65.2 Å². The highest BCUT2D eigenvalue weighted by Crippen LogP contribution is 2.50. The van der Waals surface area contributed by atoms with Crippen molar-refractivity contribution < 1.29 is 0 Å². The molecule has 0 spiro atoms. The monoisotopic (exact) mass is 250 g/mol. The van der Waals surface area contributed by atoms with Gasteiger partial charge >= 0.3 is 0 Å². The van der Waals surface area contributed by atoms with E-state index in [1.165, 1.54) is 22.4 Å². The lowest BCUT2D eigenvalue weighted by Crippen LogP contribution is -2.31. The van der Waals surface area contributed by atoms with Gasteiger partial charge in [-0.3, -0.25) is 0 Å². The second kappa shape index (κ2) is 4.10. The molecule has 0 bridgehead atoms. The van der Waals surface area contributed by atoms with E-state index in [0.717, 1.165) is 12.8 Å². The Morgan fingerprint density at radius 1 is 1.00 bits per heavy atom. The van der Waals surface area contributed by atoms with Crippen molar-refractivity contribution in [3.8, 4) is 0 Å². The second-order valence-corrected chi connectivity index (χ2v) is 5.72. The Bertz CT molecular complexity index is 606. The third-order valence-electron chi connectivity index (χ3n) is 4.48. The van der Waals surface area contributed by atoms with Crippen LogP contribution < -0.4 is 11.1 Å². The van der Waals surface area contributed by atoms with Crippen LogP contribution in [0.4, 0.5) is 5.69 Å². The lowest BCUT2D eigenvalue weighted by molar-refractivity contribution is 0.467. The van der Waals surface area contributed by atoms with Gasteiger partial charge in [-0.25, -0.2) is 0 Å². The van der Waals surface area contributed by atoms with Gasteiger partial charge in [-0.2, -0.15) is 0 Å². The normalized spacial score (nSPS) is 27.7. The molecule has 1 heterocycles. The standard InChI is InChI=1S/C17H18N2/c18-13-9-12-7-4-8-15-16(12)14(10-13)17(19-15)11-5-2-1-3-6-11/h1-8,13-14,17,19H,9-10,18H2. The second-order valence-electron chi connectivity index (χ2n) is 5.72. The molecule has 0 saturated heterocycles. The molecule has 3 N–H and O–H groups in total. The minimum atomic E-state index is 0.291. The highest BCUT2D eigenvalue weighted by Gasteiger charge is 2.38. The number of anilines is 1. The molecule has 0 amide bonds. The summed E-state index contributed by atoms with van der Waals surface area (Å²) in [6.07, 6.45) is 2.10. The molecule has 2 nitrogen and oxygen atoms in total. The van der Waals surface area contributed by atoms with E-state index in [2.05, 4.69) is 53.8 Å². The Morgan fingerprint density at radius 3 is 2.68 bits per heavy atom. The van der Waals surface area contributed by atoms with Crippen LogP contribution in [0.2, 0.25) is 0 Å². The van der Waals surface area contributed by atoms with Crippen molar-refractivity contribution in [1.29, 1.82) is 0 Å². The van der Waals surface area contributed by atoms with Gasteiger partial charge in [0, 0.05) is 17.6 Å². The molecule has 0 saturated carbocycles. The van der Waals surface area contributed by atoms with Crippen LogP contribution in [0.3, 0.4) is 0 Å². The Kier molecular flexibility index (Phi) is 2.39. The van der Waals surface area contributed by atoms with Gasteiger partial charge in [0.25, 0.3) is 0 Å². The maximum atomic E-state index is 6.25. The molecule has 4 rings (SSSR count). The Morgan fingerprint density at radius 2 is 1.84 bits per heavy atom. The van der Waals surface area contributed by atoms with Crippen molar-refractivity contribution in [2.45, 2.75) is 30.8 Å². The number of nitrogens with one attached hydrogen (secondary N) is 1. The molecule has 0 aromatic heterocycles. The van der Waals surface area contributed by atoms with E-state index < -0.39 is 0 Å². The van der Waals surface area contributed by atoms with Gasteiger partial charge in [0.1, 0.15) is 0 Å². The molecule has 1 aliphatic carbocycles. The summed E-state index contributed by atoms with van der Waals surface area (Å²) >= 11 is 0. The first kappa shape index (κ1) is 11.1. The van der Waals surface area contributed by atoms with E-state index in [9.17, 15) is 0 Å². The van der Waals surface area contributed by atoms with Gasteiger partial charge in [0.2, 0.25) is 0 Å². The zero-order valence-electron chi connectivity index (χ0n) is 10.8. The molecule has 0 radical (unpaired) electrons. The van der Waals surface area contributed by atoms with Crippen molar-refractivity contribution in [3.63, 3.8) is 0 Å². The van der Waals surface area contributed by atoms with E-state index in [4.69, 9.17) is 5.73 Å². The SMILES string of the molecule is NC1Cc2cccc3c2C(C1)C(c1ccccc1)N3. The quantitative estimate of drug-likeness (QED) is 0.815. The zero-order chi connectivity index (χ0) is 12.8. The largest absolute Gasteiger partial charge is 0.377 e. The van der Waals surface area contributed by atoms with E-state index in [1.807, 2.05) is 0 Å². The molecular formula is C17H18N2. The average Bonchev–Trinajstić information content (AvgIpc) is 2.80. The van der Waals surface area contributed by atoms with Crippen molar-refractivity contribution in [2.75, 3.05) is 5.32 Å². The van der Waals surface area contributed by atoms with Gasteiger partial charge in [0.05, 0.1) is 6.04 Å². The fourth-order valence-electron chi connectivity index (χ4n) is 3.71. The van der Waals surface area contributed by atoms with Crippen LogP contribution in [0, 0.1) is 0 Å². The molecule has 2 heteroatoms.